The molecule has 1 aromatic rings. The summed E-state index contributed by atoms with van der Waals surface area (Å²) in [6, 6.07) is 1.03. The lowest BCUT2D eigenvalue weighted by Crippen LogP contribution is -2.46. The first kappa shape index (κ1) is 14.2. The second kappa shape index (κ2) is 5.83. The first-order valence-corrected chi connectivity index (χ1v) is 6.08. The summed E-state index contributed by atoms with van der Waals surface area (Å²) >= 11 is 0. The highest BCUT2D eigenvalue weighted by molar-refractivity contribution is 5.78. The van der Waals surface area contributed by atoms with Gasteiger partial charge in [-0.3, -0.25) is 14.2 Å². The Kier molecular flexibility index (Phi) is 4.14. The summed E-state index contributed by atoms with van der Waals surface area (Å²) in [7, 11) is 1.51. The summed E-state index contributed by atoms with van der Waals surface area (Å²) in [5.74, 6) is -2.10. The van der Waals surface area contributed by atoms with E-state index in [4.69, 9.17) is 9.84 Å². The Balaban J connectivity index is 2.07. The second-order valence-electron chi connectivity index (χ2n) is 4.58. The number of carbonyl (C=O) groups excluding carboxylic acids is 1. The van der Waals surface area contributed by atoms with Gasteiger partial charge in [-0.15, -0.1) is 0 Å². The van der Waals surface area contributed by atoms with Gasteiger partial charge in [-0.05, 0) is 6.07 Å². The molecule has 1 saturated heterocycles. The molecule has 0 spiro atoms. The summed E-state index contributed by atoms with van der Waals surface area (Å²) in [5.41, 5.74) is -0.522. The minimum absolute atomic E-state index is 0.0878. The highest BCUT2D eigenvalue weighted by Gasteiger charge is 2.38. The topological polar surface area (TPSA) is 102 Å². The summed E-state index contributed by atoms with van der Waals surface area (Å²) < 4.78 is 6.29. The number of nitrogens with zero attached hydrogens (tertiary/aromatic N) is 3. The number of hydrogen-bond acceptors (Lipinski definition) is 5. The quantitative estimate of drug-likeness (QED) is 0.744. The van der Waals surface area contributed by atoms with Gasteiger partial charge in [0.05, 0.1) is 19.3 Å². The molecular formula is C12H15N3O5. The molecule has 0 saturated carbocycles. The molecule has 8 nitrogen and oxygen atoms in total. The third-order valence-corrected chi connectivity index (χ3v) is 3.35. The fraction of sp³-hybridized carbons (Fsp3) is 0.500. The maximum absolute atomic E-state index is 12.1. The number of hydrogen-bond donors (Lipinski definition) is 1. The number of amides is 1. The van der Waals surface area contributed by atoms with Crippen molar-refractivity contribution in [1.29, 1.82) is 0 Å². The molecular weight excluding hydrogens is 266 g/mol. The Bertz CT molecular complexity index is 570. The van der Waals surface area contributed by atoms with Crippen LogP contribution in [0.25, 0.3) is 0 Å². The van der Waals surface area contributed by atoms with Crippen molar-refractivity contribution in [2.45, 2.75) is 12.6 Å². The van der Waals surface area contributed by atoms with Gasteiger partial charge in [0.2, 0.25) is 5.91 Å². The molecule has 1 aliphatic heterocycles. The zero-order chi connectivity index (χ0) is 14.7. The van der Waals surface area contributed by atoms with Gasteiger partial charge in [0, 0.05) is 19.4 Å². The molecule has 1 aromatic heterocycles. The number of carboxylic acid groups (broad SMARTS) is 1. The maximum atomic E-state index is 12.1. The lowest BCUT2D eigenvalue weighted by Gasteiger charge is -2.26. The van der Waals surface area contributed by atoms with E-state index in [-0.39, 0.29) is 25.7 Å². The normalized spacial score (nSPS) is 21.6. The van der Waals surface area contributed by atoms with Gasteiger partial charge < -0.3 is 14.7 Å². The molecule has 0 bridgehead atoms. The molecule has 1 aliphatic rings. The van der Waals surface area contributed by atoms with Crippen molar-refractivity contribution in [3.05, 3.63) is 28.9 Å². The van der Waals surface area contributed by atoms with Crippen LogP contribution in [-0.4, -0.2) is 57.7 Å². The molecule has 8 heteroatoms. The summed E-state index contributed by atoms with van der Waals surface area (Å²) in [6.45, 7) is 0.0949. The van der Waals surface area contributed by atoms with Crippen molar-refractivity contribution >= 4 is 11.9 Å². The number of rotatable bonds is 4. The molecule has 0 radical (unpaired) electrons. The van der Waals surface area contributed by atoms with Crippen LogP contribution in [0.15, 0.2) is 23.3 Å². The minimum atomic E-state index is -0.995. The van der Waals surface area contributed by atoms with E-state index in [9.17, 15) is 14.4 Å². The van der Waals surface area contributed by atoms with Crippen LogP contribution in [0.1, 0.15) is 0 Å². The van der Waals surface area contributed by atoms with Crippen LogP contribution in [-0.2, 0) is 20.9 Å². The lowest BCUT2D eigenvalue weighted by molar-refractivity contribution is -0.144. The van der Waals surface area contributed by atoms with Crippen LogP contribution in [0, 0.1) is 5.92 Å². The number of ether oxygens (including phenoxy) is 1. The maximum Gasteiger partial charge on any atom is 0.347 e. The average Bonchev–Trinajstić information content (AvgIpc) is 2.89. The zero-order valence-electron chi connectivity index (χ0n) is 10.9. The molecule has 2 unspecified atom stereocenters. The number of aliphatic carboxylic acids is 1. The van der Waals surface area contributed by atoms with Gasteiger partial charge in [-0.1, -0.05) is 0 Å². The fourth-order valence-corrected chi connectivity index (χ4v) is 2.11. The summed E-state index contributed by atoms with van der Waals surface area (Å²) in [6.07, 6.45) is 2.80. The Hall–Kier alpha value is -2.22. The molecule has 108 valence electrons. The van der Waals surface area contributed by atoms with Gasteiger partial charge in [-0.25, -0.2) is 9.78 Å². The van der Waals surface area contributed by atoms with Crippen molar-refractivity contribution < 1.29 is 19.4 Å². The van der Waals surface area contributed by atoms with Gasteiger partial charge >= 0.3 is 11.7 Å². The van der Waals surface area contributed by atoms with Crippen molar-refractivity contribution in [2.75, 3.05) is 20.3 Å². The van der Waals surface area contributed by atoms with Crippen molar-refractivity contribution in [2.24, 2.45) is 5.92 Å². The zero-order valence-corrected chi connectivity index (χ0v) is 10.9. The average molecular weight is 281 g/mol. The van der Waals surface area contributed by atoms with E-state index in [1.54, 1.807) is 6.07 Å². The number of likely N-dealkylation sites (N-methyl/N-ethyl adjacent to an activating group) is 1. The van der Waals surface area contributed by atoms with Gasteiger partial charge in [0.15, 0.2) is 0 Å². The number of carbonyl (C=O) groups is 2. The van der Waals surface area contributed by atoms with Crippen LogP contribution in [0.2, 0.25) is 0 Å². The summed E-state index contributed by atoms with van der Waals surface area (Å²) in [5, 5.41) is 9.07. The molecule has 1 fully saturated rings. The molecule has 0 aliphatic carbocycles. The van der Waals surface area contributed by atoms with E-state index in [1.165, 1.54) is 28.9 Å². The fourth-order valence-electron chi connectivity index (χ4n) is 2.11. The molecule has 1 N–H and O–H groups in total. The van der Waals surface area contributed by atoms with Gasteiger partial charge in [-0.2, -0.15) is 0 Å². The second-order valence-corrected chi connectivity index (χ2v) is 4.58. The minimum Gasteiger partial charge on any atom is -0.481 e. The molecule has 2 heterocycles. The third kappa shape index (κ3) is 2.85. The van der Waals surface area contributed by atoms with Crippen LogP contribution in [0.3, 0.4) is 0 Å². The van der Waals surface area contributed by atoms with E-state index in [2.05, 4.69) is 4.98 Å². The van der Waals surface area contributed by atoms with E-state index in [0.29, 0.717) is 0 Å². The monoisotopic (exact) mass is 281 g/mol. The number of aromatic nitrogens is 2. The Morgan fingerprint density at radius 2 is 2.30 bits per heavy atom. The van der Waals surface area contributed by atoms with E-state index in [0.717, 1.165) is 0 Å². The highest BCUT2D eigenvalue weighted by atomic mass is 16.5. The third-order valence-electron chi connectivity index (χ3n) is 3.35. The standard InChI is InChI=1S/C12H15N3O5/c1-14(9-7-20-6-8(9)11(17)18)10(16)5-15-4-2-3-13-12(15)19/h2-4,8-9H,5-7H2,1H3,(H,17,18). The van der Waals surface area contributed by atoms with Crippen LogP contribution < -0.4 is 5.69 Å². The van der Waals surface area contributed by atoms with Crippen LogP contribution >= 0.6 is 0 Å². The van der Waals surface area contributed by atoms with Crippen molar-refractivity contribution in [1.82, 2.24) is 14.5 Å². The van der Waals surface area contributed by atoms with E-state index in [1.807, 2.05) is 0 Å². The van der Waals surface area contributed by atoms with E-state index < -0.39 is 23.6 Å². The van der Waals surface area contributed by atoms with Crippen LogP contribution in [0.5, 0.6) is 0 Å². The number of carboxylic acids is 1. The first-order valence-electron chi connectivity index (χ1n) is 6.08. The van der Waals surface area contributed by atoms with Crippen LogP contribution in [0.4, 0.5) is 0 Å². The summed E-state index contributed by atoms with van der Waals surface area (Å²) in [4.78, 5) is 39.5. The first-order chi connectivity index (χ1) is 9.50. The van der Waals surface area contributed by atoms with Crippen molar-refractivity contribution in [3.8, 4) is 0 Å². The van der Waals surface area contributed by atoms with Gasteiger partial charge in [0.25, 0.3) is 0 Å². The van der Waals surface area contributed by atoms with Crippen molar-refractivity contribution in [3.63, 3.8) is 0 Å². The predicted molar refractivity (Wildman–Crippen MR) is 67.0 cm³/mol. The van der Waals surface area contributed by atoms with Gasteiger partial charge in [0.1, 0.15) is 12.5 Å². The SMILES string of the molecule is CN(C(=O)Cn1cccnc1=O)C1COCC1C(=O)O. The van der Waals surface area contributed by atoms with E-state index >= 15 is 0 Å². The largest absolute Gasteiger partial charge is 0.481 e. The smallest absolute Gasteiger partial charge is 0.347 e. The molecule has 2 rings (SSSR count). The predicted octanol–water partition coefficient (Wildman–Crippen LogP) is -1.20. The Morgan fingerprint density at radius 3 is 2.95 bits per heavy atom. The molecule has 20 heavy (non-hydrogen) atoms. The Labute approximate surface area is 114 Å². The Morgan fingerprint density at radius 1 is 1.55 bits per heavy atom. The lowest BCUT2D eigenvalue weighted by atomic mass is 10.0. The molecule has 1 amide bonds. The molecule has 2 atom stereocenters. The highest BCUT2D eigenvalue weighted by Crippen LogP contribution is 2.19. The molecule has 0 aromatic carbocycles.